The van der Waals surface area contributed by atoms with E-state index in [1.165, 1.54) is 0 Å². The quantitative estimate of drug-likeness (QED) is 0.625. The smallest absolute Gasteiger partial charge is 0.351 e. The SMILES string of the molecule is CC1Oc2ccccc2OC1C(=O)OCc1cc(-c2ccc(Cl)cc2)on1. The molecule has 4 rings (SSSR count). The van der Waals surface area contributed by atoms with E-state index in [0.717, 1.165) is 5.56 Å². The van der Waals surface area contributed by atoms with E-state index < -0.39 is 18.2 Å². The summed E-state index contributed by atoms with van der Waals surface area (Å²) < 4.78 is 22.1. The lowest BCUT2D eigenvalue weighted by molar-refractivity contribution is -0.159. The minimum Gasteiger partial charge on any atom is -0.482 e. The Morgan fingerprint density at radius 3 is 2.56 bits per heavy atom. The zero-order valence-corrected chi connectivity index (χ0v) is 15.2. The first-order valence-electron chi connectivity index (χ1n) is 8.40. The highest BCUT2D eigenvalue weighted by molar-refractivity contribution is 6.30. The minimum atomic E-state index is -0.845. The third kappa shape index (κ3) is 3.75. The number of para-hydroxylation sites is 2. The second kappa shape index (κ2) is 7.32. The van der Waals surface area contributed by atoms with Crippen LogP contribution in [0.25, 0.3) is 11.3 Å². The van der Waals surface area contributed by atoms with Crippen molar-refractivity contribution in [1.29, 1.82) is 0 Å². The van der Waals surface area contributed by atoms with Crippen LogP contribution in [0.3, 0.4) is 0 Å². The molecule has 27 heavy (non-hydrogen) atoms. The molecule has 0 radical (unpaired) electrons. The number of aromatic nitrogens is 1. The fourth-order valence-corrected chi connectivity index (χ4v) is 2.86. The second-order valence-corrected chi connectivity index (χ2v) is 6.54. The molecule has 138 valence electrons. The number of hydrogen-bond donors (Lipinski definition) is 0. The van der Waals surface area contributed by atoms with Crippen molar-refractivity contribution in [3.05, 3.63) is 65.3 Å². The van der Waals surface area contributed by atoms with Gasteiger partial charge in [0.05, 0.1) is 0 Å². The number of fused-ring (bicyclic) bond motifs is 1. The number of rotatable bonds is 4. The van der Waals surface area contributed by atoms with E-state index in [1.54, 1.807) is 37.3 Å². The molecule has 0 saturated carbocycles. The summed E-state index contributed by atoms with van der Waals surface area (Å²) in [5.74, 6) is 1.17. The predicted octanol–water partition coefficient (Wildman–Crippen LogP) is 4.27. The number of nitrogens with zero attached hydrogens (tertiary/aromatic N) is 1. The van der Waals surface area contributed by atoms with E-state index in [2.05, 4.69) is 5.16 Å². The lowest BCUT2D eigenvalue weighted by atomic mass is 10.1. The van der Waals surface area contributed by atoms with Gasteiger partial charge in [-0.15, -0.1) is 0 Å². The van der Waals surface area contributed by atoms with Crippen LogP contribution in [0.5, 0.6) is 11.5 Å². The highest BCUT2D eigenvalue weighted by Crippen LogP contribution is 2.33. The Bertz CT molecular complexity index is 953. The van der Waals surface area contributed by atoms with Crippen LogP contribution in [-0.2, 0) is 16.1 Å². The van der Waals surface area contributed by atoms with Gasteiger partial charge in [-0.2, -0.15) is 0 Å². The monoisotopic (exact) mass is 385 g/mol. The molecular weight excluding hydrogens is 370 g/mol. The summed E-state index contributed by atoms with van der Waals surface area (Å²) in [4.78, 5) is 12.4. The molecule has 2 unspecified atom stereocenters. The first-order valence-corrected chi connectivity index (χ1v) is 8.78. The standard InChI is InChI=1S/C20H16ClNO5/c1-12-19(26-17-5-3-2-4-16(17)25-12)20(23)24-11-15-10-18(27-22-15)13-6-8-14(21)9-7-13/h2-10,12,19H,11H2,1H3. The van der Waals surface area contributed by atoms with Crippen LogP contribution < -0.4 is 9.47 Å². The summed E-state index contributed by atoms with van der Waals surface area (Å²) in [5.41, 5.74) is 1.33. The number of carbonyl (C=O) groups excluding carboxylic acids is 1. The molecular formula is C20H16ClNO5. The van der Waals surface area contributed by atoms with Gasteiger partial charge in [0.15, 0.2) is 17.3 Å². The van der Waals surface area contributed by atoms with Gasteiger partial charge in [0.2, 0.25) is 6.10 Å². The largest absolute Gasteiger partial charge is 0.482 e. The molecule has 1 aliphatic rings. The van der Waals surface area contributed by atoms with Crippen LogP contribution in [0.15, 0.2) is 59.1 Å². The van der Waals surface area contributed by atoms with Crippen molar-refractivity contribution < 1.29 is 23.5 Å². The number of esters is 1. The van der Waals surface area contributed by atoms with E-state index in [1.807, 2.05) is 24.3 Å². The molecule has 0 N–H and O–H groups in total. The number of benzene rings is 2. The first kappa shape index (κ1) is 17.4. The highest BCUT2D eigenvalue weighted by Gasteiger charge is 2.35. The Hall–Kier alpha value is -2.99. The van der Waals surface area contributed by atoms with Crippen molar-refractivity contribution >= 4 is 17.6 Å². The van der Waals surface area contributed by atoms with Crippen LogP contribution in [0.4, 0.5) is 0 Å². The predicted molar refractivity (Wildman–Crippen MR) is 97.7 cm³/mol. The zero-order chi connectivity index (χ0) is 18.8. The van der Waals surface area contributed by atoms with Crippen molar-refractivity contribution in [2.24, 2.45) is 0 Å². The molecule has 0 fully saturated rings. The van der Waals surface area contributed by atoms with Crippen molar-refractivity contribution in [2.45, 2.75) is 25.7 Å². The minimum absolute atomic E-state index is 0.0237. The molecule has 0 saturated heterocycles. The molecule has 1 aliphatic heterocycles. The topological polar surface area (TPSA) is 70.8 Å². The van der Waals surface area contributed by atoms with Crippen molar-refractivity contribution in [2.75, 3.05) is 0 Å². The number of halogens is 1. The normalized spacial score (nSPS) is 18.1. The Kier molecular flexibility index (Phi) is 4.73. The summed E-state index contributed by atoms with van der Waals surface area (Å²) in [6.45, 7) is 1.74. The fourth-order valence-electron chi connectivity index (χ4n) is 2.74. The summed E-state index contributed by atoms with van der Waals surface area (Å²) in [5, 5.41) is 4.57. The number of hydrogen-bond acceptors (Lipinski definition) is 6. The van der Waals surface area contributed by atoms with Gasteiger partial charge < -0.3 is 18.7 Å². The van der Waals surface area contributed by atoms with Gasteiger partial charge in [0, 0.05) is 16.7 Å². The molecule has 0 bridgehead atoms. The molecule has 0 aliphatic carbocycles. The first-order chi connectivity index (χ1) is 13.1. The zero-order valence-electron chi connectivity index (χ0n) is 14.4. The Morgan fingerprint density at radius 2 is 1.81 bits per heavy atom. The van der Waals surface area contributed by atoms with Gasteiger partial charge in [0.1, 0.15) is 18.4 Å². The molecule has 2 heterocycles. The van der Waals surface area contributed by atoms with Gasteiger partial charge >= 0.3 is 5.97 Å². The van der Waals surface area contributed by atoms with Gasteiger partial charge in [-0.1, -0.05) is 28.9 Å². The Balaban J connectivity index is 1.39. The molecule has 0 spiro atoms. The van der Waals surface area contributed by atoms with Crippen molar-refractivity contribution in [3.63, 3.8) is 0 Å². The van der Waals surface area contributed by atoms with Crippen molar-refractivity contribution in [3.8, 4) is 22.8 Å². The maximum Gasteiger partial charge on any atom is 0.351 e. The fraction of sp³-hybridized carbons (Fsp3) is 0.200. The molecule has 2 atom stereocenters. The van der Waals surface area contributed by atoms with E-state index in [9.17, 15) is 4.79 Å². The van der Waals surface area contributed by atoms with Crippen LogP contribution in [0.2, 0.25) is 5.02 Å². The van der Waals surface area contributed by atoms with Crippen LogP contribution in [0, 0.1) is 0 Å². The number of ether oxygens (including phenoxy) is 3. The molecule has 0 amide bonds. The van der Waals surface area contributed by atoms with Crippen LogP contribution >= 0.6 is 11.6 Å². The summed E-state index contributed by atoms with van der Waals surface area (Å²) in [6, 6.07) is 16.1. The molecule has 1 aromatic heterocycles. The average molecular weight is 386 g/mol. The summed E-state index contributed by atoms with van der Waals surface area (Å²) >= 11 is 5.88. The maximum atomic E-state index is 12.4. The molecule has 6 nitrogen and oxygen atoms in total. The summed E-state index contributed by atoms with van der Waals surface area (Å²) in [7, 11) is 0. The lowest BCUT2D eigenvalue weighted by Gasteiger charge is -2.30. The van der Waals surface area contributed by atoms with Gasteiger partial charge in [0.25, 0.3) is 0 Å². The van der Waals surface area contributed by atoms with Crippen LogP contribution in [0.1, 0.15) is 12.6 Å². The number of carbonyl (C=O) groups is 1. The highest BCUT2D eigenvalue weighted by atomic mass is 35.5. The van der Waals surface area contributed by atoms with Crippen molar-refractivity contribution in [1.82, 2.24) is 5.16 Å². The summed E-state index contributed by atoms with van der Waals surface area (Å²) in [6.07, 6.45) is -1.31. The third-order valence-electron chi connectivity index (χ3n) is 4.12. The molecule has 2 aromatic carbocycles. The molecule has 3 aromatic rings. The van der Waals surface area contributed by atoms with E-state index in [-0.39, 0.29) is 6.61 Å². The van der Waals surface area contributed by atoms with Crippen LogP contribution in [-0.4, -0.2) is 23.3 Å². The average Bonchev–Trinajstić information content (AvgIpc) is 3.15. The Morgan fingerprint density at radius 1 is 1.11 bits per heavy atom. The van der Waals surface area contributed by atoms with Gasteiger partial charge in [-0.25, -0.2) is 4.79 Å². The van der Waals surface area contributed by atoms with E-state index in [4.69, 9.17) is 30.3 Å². The molecule has 7 heteroatoms. The third-order valence-corrected chi connectivity index (χ3v) is 4.38. The Labute approximate surface area is 160 Å². The van der Waals surface area contributed by atoms with E-state index in [0.29, 0.717) is 28.0 Å². The second-order valence-electron chi connectivity index (χ2n) is 6.11. The van der Waals surface area contributed by atoms with Gasteiger partial charge in [-0.05, 0) is 43.3 Å². The van der Waals surface area contributed by atoms with Gasteiger partial charge in [-0.3, -0.25) is 0 Å². The maximum absolute atomic E-state index is 12.4. The van der Waals surface area contributed by atoms with E-state index >= 15 is 0 Å². The lowest BCUT2D eigenvalue weighted by Crippen LogP contribution is -2.44.